The number of hydrogen-bond donors (Lipinski definition) is 3. The normalized spacial score (nSPS) is 13.2. The number of nitrogens with zero attached hydrogens (tertiary/aromatic N) is 1. The maximum atomic E-state index is 12.6. The number of benzene rings is 1. The van der Waals surface area contributed by atoms with E-state index in [-0.39, 0.29) is 11.4 Å². The van der Waals surface area contributed by atoms with Crippen LogP contribution in [0.4, 0.5) is 10.8 Å². The molecule has 0 bridgehead atoms. The van der Waals surface area contributed by atoms with E-state index in [4.69, 9.17) is 21.3 Å². The molecule has 0 atom stereocenters. The minimum Gasteiger partial charge on any atom is -0.495 e. The average Bonchev–Trinajstić information content (AvgIpc) is 3.22. The number of nitrogens with one attached hydrogen (secondary N) is 3. The molecule has 3 aromatic rings. The van der Waals surface area contributed by atoms with Gasteiger partial charge in [0.15, 0.2) is 5.13 Å². The van der Waals surface area contributed by atoms with Crippen LogP contribution in [-0.2, 0) is 12.8 Å². The summed E-state index contributed by atoms with van der Waals surface area (Å²) in [5.74, 6) is 0.598. The molecule has 2 heterocycles. The molecule has 0 saturated heterocycles. The number of rotatable bonds is 4. The van der Waals surface area contributed by atoms with Crippen molar-refractivity contribution < 1.29 is 9.53 Å². The van der Waals surface area contributed by atoms with Gasteiger partial charge in [-0.05, 0) is 69.9 Å². The van der Waals surface area contributed by atoms with E-state index in [1.165, 1.54) is 4.88 Å². The lowest BCUT2D eigenvalue weighted by Gasteiger charge is -2.19. The highest BCUT2D eigenvalue weighted by Gasteiger charge is 2.25. The molecule has 2 aromatic heterocycles. The van der Waals surface area contributed by atoms with E-state index in [0.717, 1.165) is 47.0 Å². The van der Waals surface area contributed by atoms with Crippen molar-refractivity contribution in [2.24, 2.45) is 0 Å². The maximum absolute atomic E-state index is 12.6. The van der Waals surface area contributed by atoms with Crippen molar-refractivity contribution in [3.63, 3.8) is 0 Å². The number of thiazole rings is 1. The van der Waals surface area contributed by atoms with Gasteiger partial charge in [0.25, 0.3) is 5.91 Å². The van der Waals surface area contributed by atoms with Crippen LogP contribution in [0.25, 0.3) is 11.4 Å². The van der Waals surface area contributed by atoms with Crippen molar-refractivity contribution >= 4 is 39.7 Å². The Bertz CT molecular complexity index is 1100. The zero-order chi connectivity index (χ0) is 21.5. The number of aryl methyl sites for hydroxylation is 2. The summed E-state index contributed by atoms with van der Waals surface area (Å²) in [7, 11) is 1.63. The first-order valence-electron chi connectivity index (χ1n) is 9.88. The van der Waals surface area contributed by atoms with E-state index in [2.05, 4.69) is 15.6 Å². The van der Waals surface area contributed by atoms with Gasteiger partial charge in [-0.15, -0.1) is 11.3 Å². The summed E-state index contributed by atoms with van der Waals surface area (Å²) >= 11 is 7.77. The van der Waals surface area contributed by atoms with Crippen LogP contribution in [0.1, 0.15) is 48.1 Å². The van der Waals surface area contributed by atoms with Gasteiger partial charge in [0.1, 0.15) is 17.1 Å². The first-order valence-corrected chi connectivity index (χ1v) is 11.1. The Kier molecular flexibility index (Phi) is 5.51. The van der Waals surface area contributed by atoms with Crippen LogP contribution in [0, 0.1) is 0 Å². The number of amides is 1. The Morgan fingerprint density at radius 1 is 1.27 bits per heavy atom. The summed E-state index contributed by atoms with van der Waals surface area (Å²) in [6.45, 7) is 5.91. The standard InChI is InChI=1S/C22H25ClN4O2S/c1-22(2,3)27-20(28)15-10-12-6-5-7-17-19(18(12)24-15)26-21(30-17)25-14-11-13(23)8-9-16(14)29-4/h8-11,24H,5-7H2,1-4H3,(H,25,26)(H,27,28). The largest absolute Gasteiger partial charge is 0.495 e. The van der Waals surface area contributed by atoms with Gasteiger partial charge in [-0.2, -0.15) is 0 Å². The van der Waals surface area contributed by atoms with Crippen LogP contribution in [0.5, 0.6) is 5.75 Å². The van der Waals surface area contributed by atoms with Gasteiger partial charge < -0.3 is 20.4 Å². The van der Waals surface area contributed by atoms with Crippen LogP contribution in [0.15, 0.2) is 24.3 Å². The zero-order valence-corrected chi connectivity index (χ0v) is 19.1. The monoisotopic (exact) mass is 444 g/mol. The molecule has 8 heteroatoms. The van der Waals surface area contributed by atoms with Gasteiger partial charge in [-0.1, -0.05) is 11.6 Å². The van der Waals surface area contributed by atoms with Crippen molar-refractivity contribution in [3.05, 3.63) is 45.4 Å². The second kappa shape index (κ2) is 7.96. The van der Waals surface area contributed by atoms with Crippen molar-refractivity contribution in [1.82, 2.24) is 15.3 Å². The molecule has 1 aliphatic carbocycles. The molecule has 4 rings (SSSR count). The topological polar surface area (TPSA) is 79.0 Å². The Labute approximate surface area is 185 Å². The number of H-pyrrole nitrogens is 1. The fourth-order valence-corrected chi connectivity index (χ4v) is 4.73. The highest BCUT2D eigenvalue weighted by Crippen LogP contribution is 2.39. The first kappa shape index (κ1) is 20.8. The summed E-state index contributed by atoms with van der Waals surface area (Å²) in [6.07, 6.45) is 2.89. The zero-order valence-electron chi connectivity index (χ0n) is 17.5. The molecule has 1 amide bonds. The van der Waals surface area contributed by atoms with E-state index >= 15 is 0 Å². The second-order valence-electron chi connectivity index (χ2n) is 8.40. The SMILES string of the molecule is COc1ccc(Cl)cc1Nc1nc2c(s1)CCCc1cc(C(=O)NC(C)(C)C)[nH]c1-2. The van der Waals surface area contributed by atoms with Gasteiger partial charge in [0.2, 0.25) is 0 Å². The first-order chi connectivity index (χ1) is 14.2. The van der Waals surface area contributed by atoms with E-state index in [9.17, 15) is 4.79 Å². The smallest absolute Gasteiger partial charge is 0.268 e. The van der Waals surface area contributed by atoms with Crippen molar-refractivity contribution in [1.29, 1.82) is 0 Å². The minimum absolute atomic E-state index is 0.102. The third-order valence-electron chi connectivity index (χ3n) is 4.82. The number of carbonyl (C=O) groups is 1. The molecule has 0 unspecified atom stereocenters. The third kappa shape index (κ3) is 4.32. The minimum atomic E-state index is -0.293. The van der Waals surface area contributed by atoms with E-state index < -0.39 is 0 Å². The number of aromatic amines is 1. The molecule has 3 N–H and O–H groups in total. The molecule has 158 valence electrons. The van der Waals surface area contributed by atoms with E-state index in [1.807, 2.05) is 39.0 Å². The Morgan fingerprint density at radius 2 is 2.07 bits per heavy atom. The van der Waals surface area contributed by atoms with Crippen molar-refractivity contribution in [2.75, 3.05) is 12.4 Å². The molecule has 0 aliphatic heterocycles. The summed E-state index contributed by atoms with van der Waals surface area (Å²) in [5.41, 5.74) is 4.02. The molecule has 6 nitrogen and oxygen atoms in total. The fourth-order valence-electron chi connectivity index (χ4n) is 3.54. The molecule has 0 fully saturated rings. The predicted molar refractivity (Wildman–Crippen MR) is 122 cm³/mol. The second-order valence-corrected chi connectivity index (χ2v) is 9.92. The summed E-state index contributed by atoms with van der Waals surface area (Å²) in [4.78, 5) is 22.0. The summed E-state index contributed by atoms with van der Waals surface area (Å²) in [6, 6.07) is 7.39. The van der Waals surface area contributed by atoms with Crippen LogP contribution in [-0.4, -0.2) is 28.5 Å². The van der Waals surface area contributed by atoms with Crippen molar-refractivity contribution in [3.8, 4) is 17.1 Å². The maximum Gasteiger partial charge on any atom is 0.268 e. The van der Waals surface area contributed by atoms with Crippen LogP contribution < -0.4 is 15.4 Å². The lowest BCUT2D eigenvalue weighted by Crippen LogP contribution is -2.40. The lowest BCUT2D eigenvalue weighted by atomic mass is 10.1. The molecular formula is C22H25ClN4O2S. The van der Waals surface area contributed by atoms with Gasteiger partial charge in [0, 0.05) is 15.4 Å². The number of aromatic nitrogens is 2. The number of hydrogen-bond acceptors (Lipinski definition) is 5. The van der Waals surface area contributed by atoms with E-state index in [1.54, 1.807) is 24.5 Å². The lowest BCUT2D eigenvalue weighted by molar-refractivity contribution is 0.0915. The van der Waals surface area contributed by atoms with Crippen LogP contribution in [0.3, 0.4) is 0 Å². The Balaban J connectivity index is 1.66. The highest BCUT2D eigenvalue weighted by atomic mass is 35.5. The third-order valence-corrected chi connectivity index (χ3v) is 6.09. The number of anilines is 2. The molecule has 0 spiro atoms. The number of fused-ring (bicyclic) bond motifs is 3. The van der Waals surface area contributed by atoms with Gasteiger partial charge in [0.05, 0.1) is 18.5 Å². The Morgan fingerprint density at radius 3 is 2.80 bits per heavy atom. The molecule has 0 radical (unpaired) electrons. The predicted octanol–water partition coefficient (Wildman–Crippen LogP) is 5.56. The molecule has 1 aromatic carbocycles. The van der Waals surface area contributed by atoms with Gasteiger partial charge >= 0.3 is 0 Å². The molecule has 0 saturated carbocycles. The molecular weight excluding hydrogens is 420 g/mol. The summed E-state index contributed by atoms with van der Waals surface area (Å²) in [5, 5.41) is 7.74. The molecule has 30 heavy (non-hydrogen) atoms. The van der Waals surface area contributed by atoms with Gasteiger partial charge in [-0.25, -0.2) is 4.98 Å². The van der Waals surface area contributed by atoms with Crippen LogP contribution in [0.2, 0.25) is 5.02 Å². The van der Waals surface area contributed by atoms with Gasteiger partial charge in [-0.3, -0.25) is 4.79 Å². The molecule has 1 aliphatic rings. The summed E-state index contributed by atoms with van der Waals surface area (Å²) < 4.78 is 5.43. The number of carbonyl (C=O) groups excluding carboxylic acids is 1. The number of ether oxygens (including phenoxy) is 1. The average molecular weight is 445 g/mol. The van der Waals surface area contributed by atoms with E-state index in [0.29, 0.717) is 16.5 Å². The quantitative estimate of drug-likeness (QED) is 0.492. The highest BCUT2D eigenvalue weighted by molar-refractivity contribution is 7.16. The number of methoxy groups -OCH3 is 1. The van der Waals surface area contributed by atoms with Crippen LogP contribution >= 0.6 is 22.9 Å². The Hall–Kier alpha value is -2.51. The fraction of sp³-hybridized carbons (Fsp3) is 0.364. The number of halogens is 1. The van der Waals surface area contributed by atoms with Crippen molar-refractivity contribution in [2.45, 2.75) is 45.6 Å².